The van der Waals surface area contributed by atoms with Crippen LogP contribution < -0.4 is 10.6 Å². The van der Waals surface area contributed by atoms with E-state index in [1.807, 2.05) is 6.92 Å². The monoisotopic (exact) mass is 294 g/mol. The highest BCUT2D eigenvalue weighted by Gasteiger charge is 2.42. The van der Waals surface area contributed by atoms with E-state index in [2.05, 4.69) is 10.6 Å². The Labute approximate surface area is 118 Å². The molecule has 118 valence electrons. The predicted molar refractivity (Wildman–Crippen MR) is 72.3 cm³/mol. The van der Waals surface area contributed by atoms with Crippen molar-refractivity contribution in [1.29, 1.82) is 0 Å². The second kappa shape index (κ2) is 6.78. The first-order chi connectivity index (χ1) is 9.16. The third kappa shape index (κ3) is 4.96. The first-order valence-electron chi connectivity index (χ1n) is 7.25. The van der Waals surface area contributed by atoms with Crippen LogP contribution in [0.1, 0.15) is 46.5 Å². The lowest BCUT2D eigenvalue weighted by molar-refractivity contribution is -0.183. The van der Waals surface area contributed by atoms with Crippen LogP contribution in [0.3, 0.4) is 0 Å². The fourth-order valence-corrected chi connectivity index (χ4v) is 2.55. The van der Waals surface area contributed by atoms with E-state index >= 15 is 0 Å². The van der Waals surface area contributed by atoms with Gasteiger partial charge in [0.1, 0.15) is 0 Å². The third-order valence-corrected chi connectivity index (χ3v) is 3.92. The van der Waals surface area contributed by atoms with Crippen LogP contribution in [0.2, 0.25) is 0 Å². The molecular formula is C14H25F3N2O. The van der Waals surface area contributed by atoms with Gasteiger partial charge in [0, 0.05) is 19.1 Å². The quantitative estimate of drug-likeness (QED) is 0.818. The third-order valence-electron chi connectivity index (χ3n) is 3.92. The second-order valence-electron chi connectivity index (χ2n) is 6.23. The van der Waals surface area contributed by atoms with E-state index in [0.717, 1.165) is 6.42 Å². The number of amides is 1. The summed E-state index contributed by atoms with van der Waals surface area (Å²) in [6.45, 7) is 6.40. The Bertz CT molecular complexity index is 329. The molecule has 1 aliphatic rings. The summed E-state index contributed by atoms with van der Waals surface area (Å²) >= 11 is 0. The summed E-state index contributed by atoms with van der Waals surface area (Å²) in [6, 6.07) is -0.149. The minimum atomic E-state index is -4.10. The van der Waals surface area contributed by atoms with Crippen LogP contribution in [0, 0.1) is 11.3 Å². The molecule has 2 N–H and O–H groups in total. The number of alkyl halides is 3. The van der Waals surface area contributed by atoms with Crippen molar-refractivity contribution in [2.24, 2.45) is 11.3 Å². The Morgan fingerprint density at radius 1 is 1.25 bits per heavy atom. The van der Waals surface area contributed by atoms with Crippen molar-refractivity contribution < 1.29 is 18.0 Å². The van der Waals surface area contributed by atoms with Gasteiger partial charge in [-0.05, 0) is 40.0 Å². The molecule has 1 rings (SSSR count). The fraction of sp³-hybridized carbons (Fsp3) is 0.929. The molecule has 6 heteroatoms. The molecule has 0 saturated heterocycles. The summed E-state index contributed by atoms with van der Waals surface area (Å²) in [5, 5.41) is 5.89. The molecule has 1 saturated carbocycles. The van der Waals surface area contributed by atoms with Crippen LogP contribution in [-0.4, -0.2) is 31.2 Å². The highest BCUT2D eigenvalue weighted by Crippen LogP contribution is 2.37. The predicted octanol–water partition coefficient (Wildman–Crippen LogP) is 2.86. The van der Waals surface area contributed by atoms with Gasteiger partial charge in [-0.1, -0.05) is 6.42 Å². The molecule has 0 unspecified atom stereocenters. The molecule has 0 aliphatic heterocycles. The molecule has 0 heterocycles. The normalized spacial score (nSPS) is 24.5. The largest absolute Gasteiger partial charge is 0.391 e. The van der Waals surface area contributed by atoms with Crippen molar-refractivity contribution in [2.75, 3.05) is 13.1 Å². The highest BCUT2D eigenvalue weighted by molar-refractivity contribution is 5.81. The lowest BCUT2D eigenvalue weighted by Gasteiger charge is -2.33. The molecular weight excluding hydrogens is 269 g/mol. The number of rotatable bonds is 5. The van der Waals surface area contributed by atoms with Crippen molar-refractivity contribution in [3.63, 3.8) is 0 Å². The summed E-state index contributed by atoms with van der Waals surface area (Å²) in [5.41, 5.74) is -0.610. The van der Waals surface area contributed by atoms with E-state index in [1.165, 1.54) is 0 Å². The first kappa shape index (κ1) is 17.3. The number of hydrogen-bond donors (Lipinski definition) is 2. The van der Waals surface area contributed by atoms with Gasteiger partial charge in [-0.25, -0.2) is 0 Å². The molecule has 0 aromatic heterocycles. The second-order valence-corrected chi connectivity index (χ2v) is 6.23. The summed E-state index contributed by atoms with van der Waals surface area (Å²) in [4.78, 5) is 11.8. The van der Waals surface area contributed by atoms with Crippen LogP contribution in [0.25, 0.3) is 0 Å². The van der Waals surface area contributed by atoms with Gasteiger partial charge in [-0.3, -0.25) is 4.79 Å². The molecule has 0 aromatic rings. The van der Waals surface area contributed by atoms with Crippen LogP contribution in [-0.2, 0) is 4.79 Å². The smallest absolute Gasteiger partial charge is 0.356 e. The molecule has 3 nitrogen and oxygen atoms in total. The van der Waals surface area contributed by atoms with Crippen molar-refractivity contribution >= 4 is 5.91 Å². The zero-order valence-electron chi connectivity index (χ0n) is 12.4. The minimum absolute atomic E-state index is 0.0734. The number of carbonyl (C=O) groups excluding carboxylic acids is 1. The standard InChI is InChI=1S/C14H25F3N2O/c1-4-18-12(20)13(2,3)9-19-11-7-5-6-10(8-11)14(15,16)17/h10-11,19H,4-9H2,1-3H3,(H,18,20)/t10-,11+/m0/s1. The molecule has 0 aromatic carbocycles. The van der Waals surface area contributed by atoms with E-state index in [0.29, 0.717) is 19.5 Å². The molecule has 1 fully saturated rings. The molecule has 0 bridgehead atoms. The van der Waals surface area contributed by atoms with Crippen LogP contribution in [0.4, 0.5) is 13.2 Å². The molecule has 20 heavy (non-hydrogen) atoms. The zero-order chi connectivity index (χ0) is 15.4. The van der Waals surface area contributed by atoms with Gasteiger partial charge in [0.15, 0.2) is 0 Å². The number of halogens is 3. The van der Waals surface area contributed by atoms with E-state index < -0.39 is 17.5 Å². The summed E-state index contributed by atoms with van der Waals surface area (Å²) < 4.78 is 38.2. The Kier molecular flexibility index (Phi) is 5.86. The lowest BCUT2D eigenvalue weighted by atomic mass is 9.84. The average Bonchev–Trinajstić information content (AvgIpc) is 2.36. The van der Waals surface area contributed by atoms with Crippen molar-refractivity contribution in [2.45, 2.75) is 58.7 Å². The maximum Gasteiger partial charge on any atom is 0.391 e. The summed E-state index contributed by atoms with van der Waals surface area (Å²) in [6.07, 6.45) is -2.42. The van der Waals surface area contributed by atoms with Crippen molar-refractivity contribution in [3.05, 3.63) is 0 Å². The van der Waals surface area contributed by atoms with Crippen LogP contribution >= 0.6 is 0 Å². The Morgan fingerprint density at radius 3 is 2.45 bits per heavy atom. The Hall–Kier alpha value is -0.780. The van der Waals surface area contributed by atoms with Gasteiger partial charge in [0.2, 0.25) is 5.91 Å². The molecule has 0 radical (unpaired) electrons. The Morgan fingerprint density at radius 2 is 1.90 bits per heavy atom. The fourth-order valence-electron chi connectivity index (χ4n) is 2.55. The van der Waals surface area contributed by atoms with Crippen molar-refractivity contribution in [3.8, 4) is 0 Å². The SMILES string of the molecule is CCNC(=O)C(C)(C)CN[C@@H]1CCC[C@H](C(F)(F)F)C1. The van der Waals surface area contributed by atoms with Crippen molar-refractivity contribution in [1.82, 2.24) is 10.6 Å². The Balaban J connectivity index is 2.47. The molecule has 2 atom stereocenters. The average molecular weight is 294 g/mol. The number of hydrogen-bond acceptors (Lipinski definition) is 2. The van der Waals surface area contributed by atoms with Gasteiger partial charge in [-0.2, -0.15) is 13.2 Å². The minimum Gasteiger partial charge on any atom is -0.356 e. The number of carbonyl (C=O) groups is 1. The van der Waals surface area contributed by atoms with Gasteiger partial charge in [0.05, 0.1) is 11.3 Å². The van der Waals surface area contributed by atoms with Crippen LogP contribution in [0.15, 0.2) is 0 Å². The van der Waals surface area contributed by atoms with E-state index in [9.17, 15) is 18.0 Å². The molecule has 1 amide bonds. The van der Waals surface area contributed by atoms with Crippen LogP contribution in [0.5, 0.6) is 0 Å². The summed E-state index contributed by atoms with van der Waals surface area (Å²) in [5.74, 6) is -1.28. The summed E-state index contributed by atoms with van der Waals surface area (Å²) in [7, 11) is 0. The zero-order valence-corrected chi connectivity index (χ0v) is 12.4. The van der Waals surface area contributed by atoms with Gasteiger partial charge in [0.25, 0.3) is 0 Å². The maximum atomic E-state index is 12.7. The molecule has 1 aliphatic carbocycles. The highest BCUT2D eigenvalue weighted by atomic mass is 19.4. The van der Waals surface area contributed by atoms with Gasteiger partial charge >= 0.3 is 6.18 Å². The van der Waals surface area contributed by atoms with Gasteiger partial charge in [-0.15, -0.1) is 0 Å². The molecule has 0 spiro atoms. The van der Waals surface area contributed by atoms with Gasteiger partial charge < -0.3 is 10.6 Å². The van der Waals surface area contributed by atoms with E-state index in [4.69, 9.17) is 0 Å². The lowest BCUT2D eigenvalue weighted by Crippen LogP contribution is -2.47. The van der Waals surface area contributed by atoms with E-state index in [-0.39, 0.29) is 24.8 Å². The topological polar surface area (TPSA) is 41.1 Å². The number of nitrogens with one attached hydrogen (secondary N) is 2. The first-order valence-corrected chi connectivity index (χ1v) is 7.25. The van der Waals surface area contributed by atoms with E-state index in [1.54, 1.807) is 13.8 Å². The maximum absolute atomic E-state index is 12.7.